The van der Waals surface area contributed by atoms with Crippen LogP contribution in [-0.2, 0) is 30.4 Å². The normalized spacial score (nSPS) is 10.9. The Hall–Kier alpha value is 1.31. The SMILES string of the molecule is CS(=O)(=O)[O-].CS(=O)(=O)[O-].CS(=O)(=O)[O-].[Eu+3]. The van der Waals surface area contributed by atoms with E-state index in [0.29, 0.717) is 18.8 Å². The average Bonchev–Trinajstić information content (AvgIpc) is 1.41. The standard InChI is InChI=1S/3CH4O3S.Eu/c3*1-5(2,3)4;/h3*1H3,(H,2,3,4);/q;;;+3/p-3. The molecule has 0 radical (unpaired) electrons. The molecular formula is C3H9EuO9S3. The van der Waals surface area contributed by atoms with Crippen LogP contribution in [0.15, 0.2) is 0 Å². The minimum atomic E-state index is -3.92. The van der Waals surface area contributed by atoms with E-state index in [9.17, 15) is 0 Å². The predicted octanol–water partition coefficient (Wildman–Crippen LogP) is -2.52. The molecular weight excluding hydrogens is 428 g/mol. The van der Waals surface area contributed by atoms with E-state index >= 15 is 0 Å². The summed E-state index contributed by atoms with van der Waals surface area (Å²) in [5, 5.41) is 0. The Labute approximate surface area is 135 Å². The molecule has 0 aromatic carbocycles. The van der Waals surface area contributed by atoms with E-state index in [1.165, 1.54) is 0 Å². The molecule has 0 aliphatic heterocycles. The number of hydrogen-bond donors (Lipinski definition) is 0. The van der Waals surface area contributed by atoms with Crippen LogP contribution in [0.2, 0.25) is 0 Å². The summed E-state index contributed by atoms with van der Waals surface area (Å²) in [7, 11) is -11.8. The van der Waals surface area contributed by atoms with Crippen molar-refractivity contribution in [2.75, 3.05) is 18.8 Å². The number of rotatable bonds is 0. The van der Waals surface area contributed by atoms with E-state index in [1.54, 1.807) is 0 Å². The van der Waals surface area contributed by atoms with Crippen molar-refractivity contribution in [2.45, 2.75) is 0 Å². The van der Waals surface area contributed by atoms with Gasteiger partial charge in [-0.3, -0.25) is 0 Å². The summed E-state index contributed by atoms with van der Waals surface area (Å²) in [6, 6.07) is 0. The zero-order valence-corrected chi connectivity index (χ0v) is 13.2. The van der Waals surface area contributed by atoms with Gasteiger partial charge >= 0.3 is 49.4 Å². The van der Waals surface area contributed by atoms with Crippen molar-refractivity contribution in [1.82, 2.24) is 0 Å². The second-order valence-electron chi connectivity index (χ2n) is 2.11. The van der Waals surface area contributed by atoms with Crippen molar-refractivity contribution < 1.29 is 88.3 Å². The van der Waals surface area contributed by atoms with Gasteiger partial charge in [0.25, 0.3) is 0 Å². The fraction of sp³-hybridized carbons (Fsp3) is 1.00. The molecule has 0 rings (SSSR count). The van der Waals surface area contributed by atoms with Gasteiger partial charge in [-0.1, -0.05) is 0 Å². The van der Waals surface area contributed by atoms with Crippen LogP contribution in [-0.4, -0.2) is 57.7 Å². The van der Waals surface area contributed by atoms with Crippen LogP contribution in [0.1, 0.15) is 0 Å². The Morgan fingerprint density at radius 3 is 0.562 bits per heavy atom. The van der Waals surface area contributed by atoms with Gasteiger partial charge in [0, 0.05) is 18.8 Å². The maximum absolute atomic E-state index is 9.08. The third-order valence-electron chi connectivity index (χ3n) is 0. The molecule has 0 saturated carbocycles. The Morgan fingerprint density at radius 2 is 0.562 bits per heavy atom. The molecule has 0 unspecified atom stereocenters. The Bertz CT molecular complexity index is 347. The maximum atomic E-state index is 9.08. The van der Waals surface area contributed by atoms with Crippen molar-refractivity contribution >= 4 is 30.4 Å². The minimum Gasteiger partial charge on any atom is -0.748 e. The Morgan fingerprint density at radius 1 is 0.562 bits per heavy atom. The van der Waals surface area contributed by atoms with Crippen LogP contribution in [0.5, 0.6) is 0 Å². The van der Waals surface area contributed by atoms with Crippen LogP contribution in [0, 0.1) is 49.4 Å². The van der Waals surface area contributed by atoms with Crippen molar-refractivity contribution in [1.29, 1.82) is 0 Å². The molecule has 0 heterocycles. The molecule has 0 atom stereocenters. The van der Waals surface area contributed by atoms with E-state index in [0.717, 1.165) is 0 Å². The molecule has 0 aliphatic carbocycles. The van der Waals surface area contributed by atoms with Gasteiger partial charge in [0.1, 0.15) is 0 Å². The second-order valence-corrected chi connectivity index (χ2v) is 6.34. The zero-order valence-electron chi connectivity index (χ0n) is 8.28. The fourth-order valence-electron chi connectivity index (χ4n) is 0. The van der Waals surface area contributed by atoms with Crippen LogP contribution < -0.4 is 0 Å². The molecule has 0 aromatic rings. The van der Waals surface area contributed by atoms with E-state index < -0.39 is 30.4 Å². The summed E-state index contributed by atoms with van der Waals surface area (Å²) in [6.07, 6.45) is 1.81. The van der Waals surface area contributed by atoms with Crippen LogP contribution in [0.3, 0.4) is 0 Å². The second kappa shape index (κ2) is 10.3. The molecule has 0 spiro atoms. The van der Waals surface area contributed by atoms with Gasteiger partial charge in [0.15, 0.2) is 0 Å². The molecule has 100 valence electrons. The molecule has 9 nitrogen and oxygen atoms in total. The molecule has 0 amide bonds. The summed E-state index contributed by atoms with van der Waals surface area (Å²) in [5.41, 5.74) is 0. The van der Waals surface area contributed by atoms with Gasteiger partial charge in [-0.25, -0.2) is 25.3 Å². The third-order valence-corrected chi connectivity index (χ3v) is 0. The van der Waals surface area contributed by atoms with Crippen LogP contribution in [0.25, 0.3) is 0 Å². The topological polar surface area (TPSA) is 172 Å². The molecule has 0 fully saturated rings. The Balaban J connectivity index is -0.0000000655. The monoisotopic (exact) mass is 438 g/mol. The van der Waals surface area contributed by atoms with Crippen molar-refractivity contribution in [3.8, 4) is 0 Å². The Kier molecular flexibility index (Phi) is 16.7. The fourth-order valence-corrected chi connectivity index (χ4v) is 0. The molecule has 0 bridgehead atoms. The van der Waals surface area contributed by atoms with E-state index in [-0.39, 0.29) is 49.4 Å². The summed E-state index contributed by atoms with van der Waals surface area (Å²) in [4.78, 5) is 0. The van der Waals surface area contributed by atoms with E-state index in [1.807, 2.05) is 0 Å². The molecule has 16 heavy (non-hydrogen) atoms. The van der Waals surface area contributed by atoms with Crippen LogP contribution in [0.4, 0.5) is 0 Å². The van der Waals surface area contributed by atoms with Gasteiger partial charge in [-0.15, -0.1) is 0 Å². The average molecular weight is 437 g/mol. The first kappa shape index (κ1) is 26.0. The molecule has 0 aromatic heterocycles. The molecule has 13 heteroatoms. The minimum absolute atomic E-state index is 0. The zero-order chi connectivity index (χ0) is 13.5. The third kappa shape index (κ3) is 1820. The van der Waals surface area contributed by atoms with Gasteiger partial charge < -0.3 is 13.7 Å². The van der Waals surface area contributed by atoms with E-state index in [4.69, 9.17) is 38.9 Å². The molecule has 0 aliphatic rings. The number of hydrogen-bond acceptors (Lipinski definition) is 9. The first-order valence-corrected chi connectivity index (χ1v) is 8.17. The van der Waals surface area contributed by atoms with Gasteiger partial charge in [-0.05, 0) is 0 Å². The smallest absolute Gasteiger partial charge is 0.748 e. The first-order valence-electron chi connectivity index (χ1n) is 2.72. The first-order chi connectivity index (χ1) is 6.00. The van der Waals surface area contributed by atoms with Crippen molar-refractivity contribution in [3.63, 3.8) is 0 Å². The van der Waals surface area contributed by atoms with Gasteiger partial charge in [0.05, 0.1) is 30.4 Å². The quantitative estimate of drug-likeness (QED) is 0.371. The van der Waals surface area contributed by atoms with E-state index in [2.05, 4.69) is 0 Å². The van der Waals surface area contributed by atoms with Gasteiger partial charge in [0.2, 0.25) is 0 Å². The summed E-state index contributed by atoms with van der Waals surface area (Å²) >= 11 is 0. The molecule has 0 saturated heterocycles. The van der Waals surface area contributed by atoms with Crippen LogP contribution >= 0.6 is 0 Å². The maximum Gasteiger partial charge on any atom is 3.00 e. The van der Waals surface area contributed by atoms with Crippen molar-refractivity contribution in [3.05, 3.63) is 0 Å². The largest absolute Gasteiger partial charge is 3.00 e. The summed E-state index contributed by atoms with van der Waals surface area (Å²) in [6.45, 7) is 0. The van der Waals surface area contributed by atoms with Gasteiger partial charge in [-0.2, -0.15) is 0 Å². The predicted molar refractivity (Wildman–Crippen MR) is 46.9 cm³/mol. The summed E-state index contributed by atoms with van der Waals surface area (Å²) < 4.78 is 81.7. The molecule has 0 N–H and O–H groups in total. The van der Waals surface area contributed by atoms with Crippen molar-refractivity contribution in [2.24, 2.45) is 0 Å². The summed E-state index contributed by atoms with van der Waals surface area (Å²) in [5.74, 6) is 0.